The highest BCUT2D eigenvalue weighted by atomic mass is 16.3. The lowest BCUT2D eigenvalue weighted by Gasteiger charge is -2.25. The number of oxazole rings is 1. The standard InChI is InChI=1S/C23H30N2O.C6H7NO/c1-14-15(2)17(4)22(18(5)16(14)3)19(12-13-25(6)7)23-24-20-10-8-9-11-21(20)26-23;7-5-3-1-2-4-6(5)8/h8-11,19H,12-13H2,1-7H3;1-4,8H,7H2. The van der Waals surface area contributed by atoms with Crippen molar-refractivity contribution in [3.8, 4) is 5.75 Å². The number of hydrogen-bond acceptors (Lipinski definition) is 5. The van der Waals surface area contributed by atoms with Gasteiger partial charge in [0.25, 0.3) is 0 Å². The first-order valence-corrected chi connectivity index (χ1v) is 11.7. The number of aromatic hydroxyl groups is 1. The molecule has 0 radical (unpaired) electrons. The molecule has 0 aliphatic heterocycles. The van der Waals surface area contributed by atoms with Gasteiger partial charge in [-0.3, -0.25) is 0 Å². The summed E-state index contributed by atoms with van der Waals surface area (Å²) in [7, 11) is 4.24. The summed E-state index contributed by atoms with van der Waals surface area (Å²) in [5.74, 6) is 1.15. The number of fused-ring (bicyclic) bond motifs is 1. The first kappa shape index (κ1) is 25.3. The minimum Gasteiger partial charge on any atom is -0.506 e. The first-order chi connectivity index (χ1) is 16.1. The van der Waals surface area contributed by atoms with Gasteiger partial charge in [-0.05, 0) is 119 Å². The highest BCUT2D eigenvalue weighted by Gasteiger charge is 2.26. The van der Waals surface area contributed by atoms with Gasteiger partial charge in [-0.2, -0.15) is 0 Å². The minimum atomic E-state index is 0.146. The number of benzene rings is 3. The molecular formula is C29H37N3O2. The van der Waals surface area contributed by atoms with Crippen LogP contribution in [-0.2, 0) is 0 Å². The smallest absolute Gasteiger partial charge is 0.203 e. The maximum atomic E-state index is 8.79. The predicted octanol–water partition coefficient (Wildman–Crippen LogP) is 6.43. The fourth-order valence-corrected chi connectivity index (χ4v) is 4.36. The summed E-state index contributed by atoms with van der Waals surface area (Å²) in [5, 5.41) is 8.79. The zero-order chi connectivity index (χ0) is 25.0. The second kappa shape index (κ2) is 10.7. The Bertz CT molecular complexity index is 1190. The van der Waals surface area contributed by atoms with Gasteiger partial charge in [0.05, 0.1) is 11.6 Å². The molecule has 0 spiro atoms. The molecule has 34 heavy (non-hydrogen) atoms. The summed E-state index contributed by atoms with van der Waals surface area (Å²) in [4.78, 5) is 7.08. The Morgan fingerprint density at radius 1 is 0.853 bits per heavy atom. The van der Waals surface area contributed by atoms with Crippen molar-refractivity contribution >= 4 is 16.8 Å². The molecular weight excluding hydrogens is 422 g/mol. The van der Waals surface area contributed by atoms with Crippen molar-refractivity contribution in [2.45, 2.75) is 47.0 Å². The second-order valence-corrected chi connectivity index (χ2v) is 9.26. The molecule has 0 aliphatic carbocycles. The van der Waals surface area contributed by atoms with Crippen LogP contribution in [0.4, 0.5) is 5.69 Å². The van der Waals surface area contributed by atoms with Crippen molar-refractivity contribution in [2.24, 2.45) is 0 Å². The molecule has 1 heterocycles. The summed E-state index contributed by atoms with van der Waals surface area (Å²) in [6.45, 7) is 12.2. The molecule has 4 aromatic rings. The molecule has 4 rings (SSSR count). The van der Waals surface area contributed by atoms with Crippen molar-refractivity contribution in [3.05, 3.63) is 87.8 Å². The number of para-hydroxylation sites is 4. The predicted molar refractivity (Wildman–Crippen MR) is 142 cm³/mol. The Kier molecular flexibility index (Phi) is 8.00. The fourth-order valence-electron chi connectivity index (χ4n) is 4.36. The molecule has 5 heteroatoms. The molecule has 1 aromatic heterocycles. The molecule has 0 fully saturated rings. The third kappa shape index (κ3) is 5.42. The van der Waals surface area contributed by atoms with Gasteiger partial charge < -0.3 is 20.2 Å². The van der Waals surface area contributed by atoms with Crippen LogP contribution in [-0.4, -0.2) is 35.6 Å². The molecule has 3 N–H and O–H groups in total. The number of rotatable bonds is 5. The van der Waals surface area contributed by atoms with Crippen LogP contribution in [0.5, 0.6) is 5.75 Å². The van der Waals surface area contributed by atoms with Crippen LogP contribution in [0.1, 0.15) is 51.6 Å². The normalized spacial score (nSPS) is 12.0. The van der Waals surface area contributed by atoms with Gasteiger partial charge in [-0.25, -0.2) is 4.98 Å². The van der Waals surface area contributed by atoms with Crippen molar-refractivity contribution in [3.63, 3.8) is 0 Å². The van der Waals surface area contributed by atoms with E-state index in [2.05, 4.69) is 53.6 Å². The van der Waals surface area contributed by atoms with Gasteiger partial charge in [0.2, 0.25) is 5.89 Å². The molecule has 1 unspecified atom stereocenters. The molecule has 0 saturated heterocycles. The number of anilines is 1. The molecule has 1 atom stereocenters. The summed E-state index contributed by atoms with van der Waals surface area (Å²) in [6.07, 6.45) is 0.990. The Morgan fingerprint density at radius 2 is 1.41 bits per heavy atom. The zero-order valence-electron chi connectivity index (χ0n) is 21.4. The monoisotopic (exact) mass is 459 g/mol. The van der Waals surface area contributed by atoms with Crippen LogP contribution in [0.15, 0.2) is 52.9 Å². The highest BCUT2D eigenvalue weighted by Crippen LogP contribution is 2.37. The van der Waals surface area contributed by atoms with Gasteiger partial charge in [0.15, 0.2) is 5.58 Å². The van der Waals surface area contributed by atoms with Crippen LogP contribution in [0.3, 0.4) is 0 Å². The Labute approximate surface area is 203 Å². The van der Waals surface area contributed by atoms with Crippen LogP contribution in [0.2, 0.25) is 0 Å². The van der Waals surface area contributed by atoms with E-state index >= 15 is 0 Å². The van der Waals surface area contributed by atoms with Gasteiger partial charge >= 0.3 is 0 Å². The molecule has 3 aromatic carbocycles. The Hall–Kier alpha value is -3.31. The average Bonchev–Trinajstić information content (AvgIpc) is 3.24. The molecule has 0 aliphatic rings. The third-order valence-corrected chi connectivity index (χ3v) is 6.82. The van der Waals surface area contributed by atoms with Crippen molar-refractivity contribution in [1.29, 1.82) is 0 Å². The third-order valence-electron chi connectivity index (χ3n) is 6.82. The fraction of sp³-hybridized carbons (Fsp3) is 0.345. The van der Waals surface area contributed by atoms with Gasteiger partial charge in [-0.1, -0.05) is 24.3 Å². The van der Waals surface area contributed by atoms with E-state index in [0.717, 1.165) is 30.0 Å². The van der Waals surface area contributed by atoms with E-state index in [9.17, 15) is 0 Å². The van der Waals surface area contributed by atoms with Gasteiger partial charge in [0, 0.05) is 0 Å². The van der Waals surface area contributed by atoms with Crippen LogP contribution >= 0.6 is 0 Å². The van der Waals surface area contributed by atoms with E-state index in [1.54, 1.807) is 24.3 Å². The highest BCUT2D eigenvalue weighted by molar-refractivity contribution is 5.72. The lowest BCUT2D eigenvalue weighted by atomic mass is 9.82. The zero-order valence-corrected chi connectivity index (χ0v) is 21.4. The SMILES string of the molecule is Cc1c(C)c(C)c(C(CCN(C)C)c2nc3ccccc3o2)c(C)c1C.Nc1ccccc1O. The van der Waals surface area contributed by atoms with Crippen molar-refractivity contribution < 1.29 is 9.52 Å². The Morgan fingerprint density at radius 3 is 1.94 bits per heavy atom. The summed E-state index contributed by atoms with van der Waals surface area (Å²) < 4.78 is 6.21. The van der Waals surface area contributed by atoms with Crippen LogP contribution in [0, 0.1) is 34.6 Å². The summed E-state index contributed by atoms with van der Waals surface area (Å²) in [5.41, 5.74) is 15.8. The number of nitrogens with zero attached hydrogens (tertiary/aromatic N) is 2. The van der Waals surface area contributed by atoms with E-state index in [0.29, 0.717) is 5.69 Å². The largest absolute Gasteiger partial charge is 0.506 e. The lowest BCUT2D eigenvalue weighted by Crippen LogP contribution is -2.18. The van der Waals surface area contributed by atoms with Gasteiger partial charge in [-0.15, -0.1) is 0 Å². The number of nitrogens with two attached hydrogens (primary N) is 1. The number of phenols is 1. The van der Waals surface area contributed by atoms with Crippen LogP contribution < -0.4 is 5.73 Å². The first-order valence-electron chi connectivity index (χ1n) is 11.7. The second-order valence-electron chi connectivity index (χ2n) is 9.26. The maximum absolute atomic E-state index is 8.79. The molecule has 0 saturated carbocycles. The van der Waals surface area contributed by atoms with E-state index in [4.69, 9.17) is 20.2 Å². The van der Waals surface area contributed by atoms with Crippen LogP contribution in [0.25, 0.3) is 11.1 Å². The van der Waals surface area contributed by atoms with Crippen molar-refractivity contribution in [1.82, 2.24) is 9.88 Å². The summed E-state index contributed by atoms with van der Waals surface area (Å²) in [6, 6.07) is 14.7. The summed E-state index contributed by atoms with van der Waals surface area (Å²) >= 11 is 0. The average molecular weight is 460 g/mol. The Balaban J connectivity index is 0.000000343. The molecule has 0 amide bonds. The number of nitrogen functional groups attached to an aromatic ring is 1. The molecule has 5 nitrogen and oxygen atoms in total. The van der Waals surface area contributed by atoms with E-state index in [-0.39, 0.29) is 11.7 Å². The number of phenolic OH excluding ortho intramolecular Hbond substituents is 1. The number of aromatic nitrogens is 1. The molecule has 0 bridgehead atoms. The van der Waals surface area contributed by atoms with E-state index in [1.807, 2.05) is 24.3 Å². The molecule has 180 valence electrons. The van der Waals surface area contributed by atoms with E-state index in [1.165, 1.54) is 33.4 Å². The quantitative estimate of drug-likeness (QED) is 0.266. The topological polar surface area (TPSA) is 75.5 Å². The minimum absolute atomic E-state index is 0.146. The van der Waals surface area contributed by atoms with Gasteiger partial charge in [0.1, 0.15) is 11.3 Å². The lowest BCUT2D eigenvalue weighted by molar-refractivity contribution is 0.373. The maximum Gasteiger partial charge on any atom is 0.203 e. The van der Waals surface area contributed by atoms with Crippen molar-refractivity contribution in [2.75, 3.05) is 26.4 Å². The van der Waals surface area contributed by atoms with E-state index < -0.39 is 0 Å². The number of hydrogen-bond donors (Lipinski definition) is 2.